The predicted octanol–water partition coefficient (Wildman–Crippen LogP) is 2.79. The minimum absolute atomic E-state index is 0.0899. The third-order valence-corrected chi connectivity index (χ3v) is 6.69. The molecule has 188 valence electrons. The van der Waals surface area contributed by atoms with E-state index in [9.17, 15) is 24.0 Å². The fourth-order valence-corrected chi connectivity index (χ4v) is 4.83. The molecule has 2 aliphatic heterocycles. The number of nitrogens with one attached hydrogen (secondary N) is 2. The summed E-state index contributed by atoms with van der Waals surface area (Å²) in [5, 5.41) is 5.48. The van der Waals surface area contributed by atoms with Crippen LogP contribution in [-0.2, 0) is 16.0 Å². The molecule has 4 rings (SSSR count). The predicted molar refractivity (Wildman–Crippen MR) is 133 cm³/mol. The van der Waals surface area contributed by atoms with E-state index >= 15 is 0 Å². The molecule has 2 aromatic carbocycles. The Balaban J connectivity index is 1.25. The molecule has 9 nitrogen and oxygen atoms in total. The molecule has 0 saturated carbocycles. The number of hydrogen-bond donors (Lipinski definition) is 3. The van der Waals surface area contributed by atoms with Crippen molar-refractivity contribution in [2.45, 2.75) is 57.4 Å². The van der Waals surface area contributed by atoms with Crippen molar-refractivity contribution in [3.8, 4) is 0 Å². The Labute approximate surface area is 209 Å². The van der Waals surface area contributed by atoms with Crippen LogP contribution in [0.3, 0.4) is 0 Å². The van der Waals surface area contributed by atoms with E-state index in [2.05, 4.69) is 10.6 Å². The van der Waals surface area contributed by atoms with Crippen LogP contribution in [-0.4, -0.2) is 47.0 Å². The molecule has 0 aromatic heterocycles. The number of aryl methyl sites for hydroxylation is 1. The molecule has 1 unspecified atom stereocenters. The molecule has 36 heavy (non-hydrogen) atoms. The monoisotopic (exact) mass is 490 g/mol. The SMILES string of the molecule is NC(=O)c1ccccc1CCCCCCCNc1cccc2c1C(=O)N(C1CCC(=O)NC1=O)C2=O. The normalized spacial score (nSPS) is 17.2. The molecule has 0 spiro atoms. The van der Waals surface area contributed by atoms with Crippen LogP contribution < -0.4 is 16.4 Å². The van der Waals surface area contributed by atoms with Gasteiger partial charge in [0, 0.05) is 24.2 Å². The number of benzene rings is 2. The zero-order chi connectivity index (χ0) is 25.7. The van der Waals surface area contributed by atoms with Gasteiger partial charge in [0.2, 0.25) is 17.7 Å². The van der Waals surface area contributed by atoms with Crippen LogP contribution in [0.4, 0.5) is 5.69 Å². The number of nitrogens with two attached hydrogens (primary N) is 1. The third-order valence-electron chi connectivity index (χ3n) is 6.69. The fourth-order valence-electron chi connectivity index (χ4n) is 4.83. The summed E-state index contributed by atoms with van der Waals surface area (Å²) in [6, 6.07) is 11.5. The summed E-state index contributed by atoms with van der Waals surface area (Å²) in [5.74, 6) is -2.43. The number of imide groups is 2. The van der Waals surface area contributed by atoms with Gasteiger partial charge in [-0.3, -0.25) is 34.2 Å². The van der Waals surface area contributed by atoms with Crippen LogP contribution in [0.2, 0.25) is 0 Å². The summed E-state index contributed by atoms with van der Waals surface area (Å²) in [6.07, 6.45) is 5.95. The molecule has 0 radical (unpaired) electrons. The Hall–Kier alpha value is -4.01. The number of carbonyl (C=O) groups excluding carboxylic acids is 5. The van der Waals surface area contributed by atoms with Gasteiger partial charge in [0.15, 0.2) is 0 Å². The summed E-state index contributed by atoms with van der Waals surface area (Å²) >= 11 is 0. The van der Waals surface area contributed by atoms with Gasteiger partial charge in [-0.2, -0.15) is 0 Å². The van der Waals surface area contributed by atoms with Gasteiger partial charge in [0.1, 0.15) is 6.04 Å². The van der Waals surface area contributed by atoms with E-state index in [-0.39, 0.29) is 24.0 Å². The lowest BCUT2D eigenvalue weighted by Gasteiger charge is -2.27. The maximum Gasteiger partial charge on any atom is 0.264 e. The summed E-state index contributed by atoms with van der Waals surface area (Å²) < 4.78 is 0. The van der Waals surface area contributed by atoms with Crippen LogP contribution in [0.25, 0.3) is 0 Å². The fraction of sp³-hybridized carbons (Fsp3) is 0.370. The molecule has 2 heterocycles. The third kappa shape index (κ3) is 5.30. The summed E-state index contributed by atoms with van der Waals surface area (Å²) in [5.41, 5.74) is 8.12. The lowest BCUT2D eigenvalue weighted by molar-refractivity contribution is -0.136. The zero-order valence-electron chi connectivity index (χ0n) is 20.0. The minimum atomic E-state index is -0.974. The average molecular weight is 491 g/mol. The summed E-state index contributed by atoms with van der Waals surface area (Å²) in [6.45, 7) is 0.640. The summed E-state index contributed by atoms with van der Waals surface area (Å²) in [4.78, 5) is 62.2. The van der Waals surface area contributed by atoms with Gasteiger partial charge < -0.3 is 11.1 Å². The molecular weight excluding hydrogens is 460 g/mol. The van der Waals surface area contributed by atoms with Gasteiger partial charge in [-0.15, -0.1) is 0 Å². The number of nitrogens with zero attached hydrogens (tertiary/aromatic N) is 1. The first kappa shape index (κ1) is 25.1. The van der Waals surface area contributed by atoms with Gasteiger partial charge in [-0.25, -0.2) is 0 Å². The maximum absolute atomic E-state index is 13.1. The standard InChI is InChI=1S/C27H30N4O5/c28-24(33)18-11-6-5-10-17(18)9-4-2-1-3-7-16-29-20-13-8-12-19-23(20)27(36)31(26(19)35)21-14-15-22(32)30-25(21)34/h5-6,8,10-13,21,29H,1-4,7,9,14-16H2,(H2,28,33)(H,30,32,34). The highest BCUT2D eigenvalue weighted by atomic mass is 16.2. The molecule has 1 saturated heterocycles. The lowest BCUT2D eigenvalue weighted by Crippen LogP contribution is -2.54. The Morgan fingerprint density at radius 2 is 1.69 bits per heavy atom. The van der Waals surface area contributed by atoms with Crippen molar-refractivity contribution in [1.29, 1.82) is 0 Å². The van der Waals surface area contributed by atoms with E-state index in [1.807, 2.05) is 18.2 Å². The Morgan fingerprint density at radius 1 is 0.944 bits per heavy atom. The van der Waals surface area contributed by atoms with Crippen LogP contribution in [0.5, 0.6) is 0 Å². The molecule has 1 fully saturated rings. The Morgan fingerprint density at radius 3 is 2.47 bits per heavy atom. The molecule has 2 aliphatic rings. The number of fused-ring (bicyclic) bond motifs is 1. The number of anilines is 1. The van der Waals surface area contributed by atoms with Crippen molar-refractivity contribution >= 4 is 35.2 Å². The molecule has 4 N–H and O–H groups in total. The number of amides is 5. The number of hydrogen-bond acceptors (Lipinski definition) is 6. The molecule has 5 amide bonds. The van der Waals surface area contributed by atoms with Crippen molar-refractivity contribution in [1.82, 2.24) is 10.2 Å². The topological polar surface area (TPSA) is 139 Å². The van der Waals surface area contributed by atoms with Crippen molar-refractivity contribution < 1.29 is 24.0 Å². The van der Waals surface area contributed by atoms with E-state index in [1.165, 1.54) is 0 Å². The van der Waals surface area contributed by atoms with Crippen molar-refractivity contribution in [3.05, 3.63) is 64.7 Å². The van der Waals surface area contributed by atoms with Crippen LogP contribution >= 0.6 is 0 Å². The van der Waals surface area contributed by atoms with Crippen LogP contribution in [0.1, 0.15) is 81.6 Å². The first-order valence-corrected chi connectivity index (χ1v) is 12.3. The molecule has 2 aromatic rings. The molecular formula is C27H30N4O5. The van der Waals surface area contributed by atoms with E-state index in [0.717, 1.165) is 49.0 Å². The number of primary amides is 1. The number of piperidine rings is 1. The van der Waals surface area contributed by atoms with Crippen molar-refractivity contribution in [2.75, 3.05) is 11.9 Å². The highest BCUT2D eigenvalue weighted by Crippen LogP contribution is 2.32. The van der Waals surface area contributed by atoms with Crippen LogP contribution in [0.15, 0.2) is 42.5 Å². The highest BCUT2D eigenvalue weighted by Gasteiger charge is 2.45. The smallest absolute Gasteiger partial charge is 0.264 e. The van der Waals surface area contributed by atoms with E-state index in [4.69, 9.17) is 5.73 Å². The van der Waals surface area contributed by atoms with Crippen molar-refractivity contribution in [2.24, 2.45) is 5.73 Å². The van der Waals surface area contributed by atoms with Gasteiger partial charge >= 0.3 is 0 Å². The Bertz CT molecular complexity index is 1210. The molecule has 1 atom stereocenters. The first-order valence-electron chi connectivity index (χ1n) is 12.3. The van der Waals surface area contributed by atoms with Gasteiger partial charge in [0.05, 0.1) is 11.1 Å². The van der Waals surface area contributed by atoms with Gasteiger partial charge in [0.25, 0.3) is 11.8 Å². The maximum atomic E-state index is 13.1. The minimum Gasteiger partial charge on any atom is -0.384 e. The quantitative estimate of drug-likeness (QED) is 0.327. The van der Waals surface area contributed by atoms with E-state index < -0.39 is 35.6 Å². The average Bonchev–Trinajstić information content (AvgIpc) is 3.11. The number of carbonyl (C=O) groups is 5. The van der Waals surface area contributed by atoms with Crippen molar-refractivity contribution in [3.63, 3.8) is 0 Å². The number of unbranched alkanes of at least 4 members (excludes halogenated alkanes) is 4. The Kier molecular flexibility index (Phi) is 7.77. The second-order valence-corrected chi connectivity index (χ2v) is 9.14. The zero-order valence-corrected chi connectivity index (χ0v) is 20.0. The van der Waals surface area contributed by atoms with E-state index in [0.29, 0.717) is 17.8 Å². The largest absolute Gasteiger partial charge is 0.384 e. The summed E-state index contributed by atoms with van der Waals surface area (Å²) in [7, 11) is 0. The van der Waals surface area contributed by atoms with Gasteiger partial charge in [-0.05, 0) is 49.4 Å². The molecule has 0 bridgehead atoms. The lowest BCUT2D eigenvalue weighted by atomic mass is 10.0. The molecule has 0 aliphatic carbocycles. The second-order valence-electron chi connectivity index (χ2n) is 9.14. The number of rotatable bonds is 11. The highest BCUT2D eigenvalue weighted by molar-refractivity contribution is 6.25. The molecule has 9 heteroatoms. The second kappa shape index (κ2) is 11.2. The van der Waals surface area contributed by atoms with E-state index in [1.54, 1.807) is 24.3 Å². The van der Waals surface area contributed by atoms with Gasteiger partial charge in [-0.1, -0.05) is 43.5 Å². The first-order chi connectivity index (χ1) is 17.4. The van der Waals surface area contributed by atoms with Crippen LogP contribution in [0, 0.1) is 0 Å².